The van der Waals surface area contributed by atoms with Crippen molar-refractivity contribution in [3.8, 4) is 16.9 Å². The molecule has 0 amide bonds. The van der Waals surface area contributed by atoms with Gasteiger partial charge in [-0.05, 0) is 47.4 Å². The van der Waals surface area contributed by atoms with E-state index in [1.807, 2.05) is 67.6 Å². The molecule has 0 radical (unpaired) electrons. The molecule has 0 spiro atoms. The van der Waals surface area contributed by atoms with Gasteiger partial charge in [-0.1, -0.05) is 54.6 Å². The van der Waals surface area contributed by atoms with Crippen molar-refractivity contribution < 1.29 is 17.9 Å². The first-order valence-corrected chi connectivity index (χ1v) is 13.5. The summed E-state index contributed by atoms with van der Waals surface area (Å²) in [6.07, 6.45) is 0. The lowest BCUT2D eigenvalue weighted by molar-refractivity contribution is 0.0511. The zero-order chi connectivity index (χ0) is 25.1. The third-order valence-electron chi connectivity index (χ3n) is 6.72. The lowest BCUT2D eigenvalue weighted by atomic mass is 9.99. The molecular weight excluding hydrogens is 474 g/mol. The molecule has 1 aliphatic rings. The average Bonchev–Trinajstić information content (AvgIpc) is 3.26. The van der Waals surface area contributed by atoms with Gasteiger partial charge in [0.2, 0.25) is 0 Å². The first-order valence-electron chi connectivity index (χ1n) is 12.1. The molecule has 36 heavy (non-hydrogen) atoms. The van der Waals surface area contributed by atoms with Gasteiger partial charge in [-0.15, -0.1) is 0 Å². The maximum atomic E-state index is 13.7. The number of aromatic amines is 1. The van der Waals surface area contributed by atoms with E-state index in [-0.39, 0.29) is 11.8 Å². The largest absolute Gasteiger partial charge is 0.468 e. The first kappa shape index (κ1) is 24.5. The predicted molar refractivity (Wildman–Crippen MR) is 141 cm³/mol. The van der Waals surface area contributed by atoms with E-state index in [4.69, 9.17) is 9.47 Å². The highest BCUT2D eigenvalue weighted by Crippen LogP contribution is 2.35. The van der Waals surface area contributed by atoms with Crippen LogP contribution in [0, 0.1) is 6.92 Å². The number of aromatic nitrogens is 1. The van der Waals surface area contributed by atoms with E-state index in [1.54, 1.807) is 11.4 Å². The number of piperazine rings is 1. The number of hydrogen-bond donors (Lipinski definition) is 1. The van der Waals surface area contributed by atoms with Gasteiger partial charge in [0.1, 0.15) is 5.75 Å². The minimum atomic E-state index is -3.65. The molecule has 0 atom stereocenters. The summed E-state index contributed by atoms with van der Waals surface area (Å²) in [5.41, 5.74) is 4.77. The van der Waals surface area contributed by atoms with Gasteiger partial charge >= 0.3 is 0 Å². The van der Waals surface area contributed by atoms with Gasteiger partial charge < -0.3 is 14.5 Å². The predicted octanol–water partition coefficient (Wildman–Crippen LogP) is 4.63. The number of nitrogens with one attached hydrogen (secondary N) is 1. The zero-order valence-corrected chi connectivity index (χ0v) is 21.4. The van der Waals surface area contributed by atoms with Gasteiger partial charge in [0.05, 0.1) is 0 Å². The summed E-state index contributed by atoms with van der Waals surface area (Å²) in [6.45, 7) is 5.26. The van der Waals surface area contributed by atoms with E-state index in [0.29, 0.717) is 31.9 Å². The Balaban J connectivity index is 1.38. The highest BCUT2D eigenvalue weighted by atomic mass is 32.2. The van der Waals surface area contributed by atoms with Gasteiger partial charge in [0.15, 0.2) is 11.8 Å². The highest BCUT2D eigenvalue weighted by Gasteiger charge is 2.32. The molecule has 1 saturated heterocycles. The number of H-pyrrole nitrogens is 1. The number of rotatable bonds is 8. The number of benzene rings is 3. The molecule has 0 bridgehead atoms. The SMILES string of the molecule is COCOc1ccc(-c2cccc3[nH]c(S(=O)(=O)N4CCN(Cc5ccccc5)CC4)c(C)c23)cc1. The van der Waals surface area contributed by atoms with Crippen molar-refractivity contribution in [2.75, 3.05) is 40.1 Å². The Hall–Kier alpha value is -3.17. The Bertz CT molecular complexity index is 1430. The van der Waals surface area contributed by atoms with Crippen molar-refractivity contribution >= 4 is 20.9 Å². The normalized spacial score (nSPS) is 15.4. The molecule has 2 heterocycles. The Kier molecular flexibility index (Phi) is 7.11. The Morgan fingerprint density at radius 1 is 0.889 bits per heavy atom. The van der Waals surface area contributed by atoms with E-state index >= 15 is 0 Å². The van der Waals surface area contributed by atoms with Crippen LogP contribution in [0.1, 0.15) is 11.1 Å². The van der Waals surface area contributed by atoms with Crippen molar-refractivity contribution in [1.29, 1.82) is 0 Å². The van der Waals surface area contributed by atoms with Crippen LogP contribution in [-0.4, -0.2) is 62.7 Å². The molecule has 0 aliphatic carbocycles. The quantitative estimate of drug-likeness (QED) is 0.354. The molecule has 1 N–H and O–H groups in total. The van der Waals surface area contributed by atoms with Crippen molar-refractivity contribution in [2.45, 2.75) is 18.5 Å². The number of sulfonamides is 1. The summed E-state index contributed by atoms with van der Waals surface area (Å²) in [5, 5.41) is 1.20. The number of fused-ring (bicyclic) bond motifs is 1. The molecular formula is C28H31N3O4S. The van der Waals surface area contributed by atoms with Crippen molar-refractivity contribution in [3.63, 3.8) is 0 Å². The molecule has 3 aromatic carbocycles. The van der Waals surface area contributed by atoms with Gasteiger partial charge in [0.25, 0.3) is 10.0 Å². The molecule has 188 valence electrons. The summed E-state index contributed by atoms with van der Waals surface area (Å²) in [7, 11) is -2.07. The first-order chi connectivity index (χ1) is 17.5. The molecule has 0 saturated carbocycles. The fraction of sp³-hybridized carbons (Fsp3) is 0.286. The Morgan fingerprint density at radius 2 is 1.61 bits per heavy atom. The summed E-state index contributed by atoms with van der Waals surface area (Å²) < 4.78 is 39.4. The zero-order valence-electron chi connectivity index (χ0n) is 20.6. The van der Waals surface area contributed by atoms with Crippen LogP contribution in [0.5, 0.6) is 5.75 Å². The number of hydrogen-bond acceptors (Lipinski definition) is 5. The lowest BCUT2D eigenvalue weighted by Crippen LogP contribution is -2.48. The average molecular weight is 506 g/mol. The maximum Gasteiger partial charge on any atom is 0.258 e. The summed E-state index contributed by atoms with van der Waals surface area (Å²) in [5.74, 6) is 0.716. The van der Waals surface area contributed by atoms with Crippen LogP contribution in [0.3, 0.4) is 0 Å². The molecule has 1 aliphatic heterocycles. The fourth-order valence-electron chi connectivity index (χ4n) is 4.84. The van der Waals surface area contributed by atoms with Crippen LogP contribution in [0.4, 0.5) is 0 Å². The minimum Gasteiger partial charge on any atom is -0.468 e. The number of nitrogens with zero attached hydrogens (tertiary/aromatic N) is 2. The second-order valence-electron chi connectivity index (χ2n) is 9.05. The third kappa shape index (κ3) is 4.90. The van der Waals surface area contributed by atoms with Crippen LogP contribution < -0.4 is 4.74 Å². The second kappa shape index (κ2) is 10.4. The van der Waals surface area contributed by atoms with E-state index < -0.39 is 10.0 Å². The molecule has 1 fully saturated rings. The van der Waals surface area contributed by atoms with Crippen LogP contribution in [0.15, 0.2) is 77.8 Å². The second-order valence-corrected chi connectivity index (χ2v) is 10.9. The van der Waals surface area contributed by atoms with Crippen LogP contribution >= 0.6 is 0 Å². The summed E-state index contributed by atoms with van der Waals surface area (Å²) in [4.78, 5) is 5.52. The van der Waals surface area contributed by atoms with Crippen LogP contribution in [0.2, 0.25) is 0 Å². The van der Waals surface area contributed by atoms with Crippen molar-refractivity contribution in [2.24, 2.45) is 0 Å². The number of ether oxygens (including phenoxy) is 2. The molecule has 8 heteroatoms. The third-order valence-corrected chi connectivity index (χ3v) is 8.68. The van der Waals surface area contributed by atoms with Crippen molar-refractivity contribution in [1.82, 2.24) is 14.2 Å². The molecule has 4 aromatic rings. The van der Waals surface area contributed by atoms with Crippen LogP contribution in [-0.2, 0) is 21.3 Å². The standard InChI is InChI=1S/C28H31N3O4S/c1-21-27-25(23-11-13-24(14-12-23)35-20-34-2)9-6-10-26(27)29-28(21)36(32,33)31-17-15-30(16-18-31)19-22-7-4-3-5-8-22/h3-14,29H,15-20H2,1-2H3. The molecule has 0 unspecified atom stereocenters. The number of aryl methyl sites for hydroxylation is 1. The van der Waals surface area contributed by atoms with E-state index in [9.17, 15) is 8.42 Å². The molecule has 1 aromatic heterocycles. The van der Waals surface area contributed by atoms with Gasteiger partial charge in [-0.2, -0.15) is 4.31 Å². The van der Waals surface area contributed by atoms with Crippen molar-refractivity contribution in [3.05, 3.63) is 83.9 Å². The van der Waals surface area contributed by atoms with Gasteiger partial charge in [-0.25, -0.2) is 8.42 Å². The molecule has 5 rings (SSSR count). The van der Waals surface area contributed by atoms with E-state index in [2.05, 4.69) is 22.0 Å². The Labute approximate surface area is 212 Å². The molecule has 7 nitrogen and oxygen atoms in total. The van der Waals surface area contributed by atoms with Crippen LogP contribution in [0.25, 0.3) is 22.0 Å². The van der Waals surface area contributed by atoms with E-state index in [0.717, 1.165) is 34.1 Å². The summed E-state index contributed by atoms with van der Waals surface area (Å²) >= 11 is 0. The number of methoxy groups -OCH3 is 1. The fourth-order valence-corrected chi connectivity index (χ4v) is 6.48. The smallest absolute Gasteiger partial charge is 0.258 e. The lowest BCUT2D eigenvalue weighted by Gasteiger charge is -2.33. The van der Waals surface area contributed by atoms with Gasteiger partial charge in [-0.3, -0.25) is 4.90 Å². The topological polar surface area (TPSA) is 74.9 Å². The minimum absolute atomic E-state index is 0.188. The maximum absolute atomic E-state index is 13.7. The highest BCUT2D eigenvalue weighted by molar-refractivity contribution is 7.89. The van der Waals surface area contributed by atoms with E-state index in [1.165, 1.54) is 5.56 Å². The summed E-state index contributed by atoms with van der Waals surface area (Å²) in [6, 6.07) is 23.9. The Morgan fingerprint density at radius 3 is 2.31 bits per heavy atom. The monoisotopic (exact) mass is 505 g/mol. The van der Waals surface area contributed by atoms with Gasteiger partial charge in [0, 0.05) is 50.7 Å².